The molecule has 0 amide bonds. The molecule has 0 radical (unpaired) electrons. The molecule has 12 heavy (non-hydrogen) atoms. The van der Waals surface area contributed by atoms with E-state index in [-0.39, 0.29) is 0 Å². The van der Waals surface area contributed by atoms with E-state index in [0.29, 0.717) is 0 Å². The minimum absolute atomic E-state index is 1.01. The van der Waals surface area contributed by atoms with Crippen LogP contribution in [0.25, 0.3) is 0 Å². The number of allylic oxidation sites excluding steroid dienone is 3. The van der Waals surface area contributed by atoms with Gasteiger partial charge >= 0.3 is 0 Å². The lowest BCUT2D eigenvalue weighted by molar-refractivity contribution is 0.819. The quantitative estimate of drug-likeness (QED) is 0.633. The molecule has 1 rings (SSSR count). The summed E-state index contributed by atoms with van der Waals surface area (Å²) in [6.07, 6.45) is 11.4. The van der Waals surface area contributed by atoms with E-state index in [1.54, 1.807) is 0 Å². The Labute approximate surface area is 74.1 Å². The molecule has 0 bridgehead atoms. The van der Waals surface area contributed by atoms with Crippen LogP contribution in [0, 0.1) is 0 Å². The molecule has 2 heteroatoms. The molecule has 2 nitrogen and oxygen atoms in total. The number of nitrogens with zero attached hydrogens (tertiary/aromatic N) is 1. The van der Waals surface area contributed by atoms with Gasteiger partial charge in [0, 0.05) is 24.9 Å². The molecule has 0 aromatic heterocycles. The SMILES string of the molecule is CNCCC1=NC=CC/C=C\C1. The van der Waals surface area contributed by atoms with E-state index in [2.05, 4.69) is 28.5 Å². The summed E-state index contributed by atoms with van der Waals surface area (Å²) in [5.74, 6) is 0. The molecule has 0 saturated carbocycles. The maximum Gasteiger partial charge on any atom is 0.0230 e. The third-order valence-electron chi connectivity index (χ3n) is 1.82. The first-order valence-corrected chi connectivity index (χ1v) is 4.43. The molecule has 0 aromatic carbocycles. The second-order valence-corrected chi connectivity index (χ2v) is 2.84. The lowest BCUT2D eigenvalue weighted by atomic mass is 10.1. The highest BCUT2D eigenvalue weighted by molar-refractivity contribution is 5.86. The monoisotopic (exact) mass is 164 g/mol. The molecular formula is C10H16N2. The Bertz CT molecular complexity index is 202. The maximum absolute atomic E-state index is 4.37. The summed E-state index contributed by atoms with van der Waals surface area (Å²) >= 11 is 0. The highest BCUT2D eigenvalue weighted by atomic mass is 14.8. The Morgan fingerprint density at radius 3 is 3.17 bits per heavy atom. The van der Waals surface area contributed by atoms with Gasteiger partial charge in [0.05, 0.1) is 0 Å². The standard InChI is InChI=1S/C10H16N2/c1-11-9-7-10-6-4-2-3-5-8-12-10/h2,4-5,8,11H,3,6-7,9H2,1H3/b4-2-,8-5?,12-10?. The molecule has 1 aliphatic rings. The fourth-order valence-electron chi connectivity index (χ4n) is 1.10. The van der Waals surface area contributed by atoms with Crippen molar-refractivity contribution in [2.24, 2.45) is 4.99 Å². The van der Waals surface area contributed by atoms with E-state index in [0.717, 1.165) is 25.8 Å². The first-order chi connectivity index (χ1) is 5.93. The van der Waals surface area contributed by atoms with Crippen molar-refractivity contribution >= 4 is 5.71 Å². The Morgan fingerprint density at radius 2 is 2.33 bits per heavy atom. The summed E-state index contributed by atoms with van der Waals surface area (Å²) < 4.78 is 0. The molecule has 1 aliphatic heterocycles. The van der Waals surface area contributed by atoms with Gasteiger partial charge in [-0.05, 0) is 19.9 Å². The molecule has 0 unspecified atom stereocenters. The number of hydrogen-bond acceptors (Lipinski definition) is 2. The van der Waals surface area contributed by atoms with Gasteiger partial charge in [-0.3, -0.25) is 4.99 Å². The Balaban J connectivity index is 2.43. The molecule has 0 fully saturated rings. The van der Waals surface area contributed by atoms with Gasteiger partial charge in [-0.2, -0.15) is 0 Å². The van der Waals surface area contributed by atoms with E-state index in [9.17, 15) is 0 Å². The molecule has 0 saturated heterocycles. The second-order valence-electron chi connectivity index (χ2n) is 2.84. The summed E-state index contributed by atoms with van der Waals surface area (Å²) in [5, 5.41) is 3.12. The van der Waals surface area contributed by atoms with Crippen LogP contribution in [0.4, 0.5) is 0 Å². The van der Waals surface area contributed by atoms with E-state index in [1.165, 1.54) is 5.71 Å². The van der Waals surface area contributed by atoms with Crippen LogP contribution >= 0.6 is 0 Å². The van der Waals surface area contributed by atoms with Crippen LogP contribution in [0.1, 0.15) is 19.3 Å². The molecule has 66 valence electrons. The smallest absolute Gasteiger partial charge is 0.0230 e. The predicted molar refractivity (Wildman–Crippen MR) is 53.5 cm³/mol. The summed E-state index contributed by atoms with van der Waals surface area (Å²) in [5.41, 5.74) is 1.26. The molecular weight excluding hydrogens is 148 g/mol. The van der Waals surface area contributed by atoms with Crippen LogP contribution in [0.2, 0.25) is 0 Å². The minimum atomic E-state index is 1.01. The van der Waals surface area contributed by atoms with E-state index in [1.807, 2.05) is 13.2 Å². The number of rotatable bonds is 3. The molecule has 0 aliphatic carbocycles. The average molecular weight is 164 g/mol. The van der Waals surface area contributed by atoms with Crippen molar-refractivity contribution in [2.75, 3.05) is 13.6 Å². The van der Waals surface area contributed by atoms with Crippen molar-refractivity contribution in [1.82, 2.24) is 5.32 Å². The fraction of sp³-hybridized carbons (Fsp3) is 0.500. The van der Waals surface area contributed by atoms with E-state index < -0.39 is 0 Å². The fourth-order valence-corrected chi connectivity index (χ4v) is 1.10. The van der Waals surface area contributed by atoms with Crippen LogP contribution in [0.5, 0.6) is 0 Å². The van der Waals surface area contributed by atoms with Gasteiger partial charge in [0.15, 0.2) is 0 Å². The molecule has 0 spiro atoms. The average Bonchev–Trinajstić information content (AvgIpc) is 2.02. The van der Waals surface area contributed by atoms with Crippen molar-refractivity contribution < 1.29 is 0 Å². The number of hydrogen-bond donors (Lipinski definition) is 1. The highest BCUT2D eigenvalue weighted by Gasteiger charge is 1.95. The van der Waals surface area contributed by atoms with Crippen LogP contribution in [-0.2, 0) is 0 Å². The van der Waals surface area contributed by atoms with Gasteiger partial charge < -0.3 is 5.32 Å². The lowest BCUT2D eigenvalue weighted by Gasteiger charge is -2.02. The summed E-state index contributed by atoms with van der Waals surface area (Å²) in [7, 11) is 1.97. The normalized spacial score (nSPS) is 19.6. The maximum atomic E-state index is 4.37. The summed E-state index contributed by atoms with van der Waals surface area (Å²) in [6.45, 7) is 1.01. The van der Waals surface area contributed by atoms with Gasteiger partial charge in [-0.15, -0.1) is 0 Å². The van der Waals surface area contributed by atoms with Gasteiger partial charge in [-0.25, -0.2) is 0 Å². The molecule has 0 aromatic rings. The largest absolute Gasteiger partial charge is 0.319 e. The zero-order chi connectivity index (χ0) is 8.65. The third kappa shape index (κ3) is 3.49. The van der Waals surface area contributed by atoms with Gasteiger partial charge in [0.25, 0.3) is 0 Å². The Kier molecular flexibility index (Phi) is 4.39. The summed E-state index contributed by atoms with van der Waals surface area (Å²) in [4.78, 5) is 4.37. The number of aliphatic imine (C=N–C) groups is 1. The van der Waals surface area contributed by atoms with Crippen LogP contribution < -0.4 is 5.32 Å². The minimum Gasteiger partial charge on any atom is -0.319 e. The first-order valence-electron chi connectivity index (χ1n) is 4.43. The molecule has 1 heterocycles. The molecule has 0 atom stereocenters. The predicted octanol–water partition coefficient (Wildman–Crippen LogP) is 1.90. The third-order valence-corrected chi connectivity index (χ3v) is 1.82. The number of nitrogens with one attached hydrogen (secondary N) is 1. The van der Waals surface area contributed by atoms with Crippen molar-refractivity contribution in [1.29, 1.82) is 0 Å². The van der Waals surface area contributed by atoms with Crippen molar-refractivity contribution in [2.45, 2.75) is 19.3 Å². The van der Waals surface area contributed by atoms with Crippen LogP contribution in [0.3, 0.4) is 0 Å². The second kappa shape index (κ2) is 5.72. The first kappa shape index (κ1) is 9.20. The van der Waals surface area contributed by atoms with Crippen molar-refractivity contribution in [3.05, 3.63) is 24.4 Å². The van der Waals surface area contributed by atoms with Crippen molar-refractivity contribution in [3.8, 4) is 0 Å². The highest BCUT2D eigenvalue weighted by Crippen LogP contribution is 2.00. The topological polar surface area (TPSA) is 24.4 Å². The van der Waals surface area contributed by atoms with E-state index >= 15 is 0 Å². The Morgan fingerprint density at radius 1 is 1.42 bits per heavy atom. The van der Waals surface area contributed by atoms with Gasteiger partial charge in [0.1, 0.15) is 0 Å². The lowest BCUT2D eigenvalue weighted by Crippen LogP contribution is -2.12. The van der Waals surface area contributed by atoms with Gasteiger partial charge in [-0.1, -0.05) is 18.2 Å². The van der Waals surface area contributed by atoms with E-state index in [4.69, 9.17) is 0 Å². The van der Waals surface area contributed by atoms with Crippen LogP contribution in [0.15, 0.2) is 29.4 Å². The van der Waals surface area contributed by atoms with Crippen molar-refractivity contribution in [3.63, 3.8) is 0 Å². The molecule has 1 N–H and O–H groups in total. The van der Waals surface area contributed by atoms with Gasteiger partial charge in [0.2, 0.25) is 0 Å². The zero-order valence-corrected chi connectivity index (χ0v) is 7.59. The summed E-state index contributed by atoms with van der Waals surface area (Å²) in [6, 6.07) is 0. The van der Waals surface area contributed by atoms with Crippen LogP contribution in [-0.4, -0.2) is 19.3 Å². The zero-order valence-electron chi connectivity index (χ0n) is 7.59. The Hall–Kier alpha value is -0.890.